The summed E-state index contributed by atoms with van der Waals surface area (Å²) in [5.74, 6) is -0.203. The van der Waals surface area contributed by atoms with Crippen LogP contribution in [0.25, 0.3) is 10.1 Å². The minimum Gasteiger partial charge on any atom is -0.309 e. The molecule has 1 N–H and O–H groups in total. The van der Waals surface area contributed by atoms with Gasteiger partial charge in [-0.3, -0.25) is 0 Å². The largest absolute Gasteiger partial charge is 0.309 e. The Morgan fingerprint density at radius 1 is 1.15 bits per heavy atom. The zero-order valence-electron chi connectivity index (χ0n) is 10.9. The number of rotatable bonds is 3. The van der Waals surface area contributed by atoms with E-state index in [0.29, 0.717) is 0 Å². The molecule has 0 aliphatic rings. The summed E-state index contributed by atoms with van der Waals surface area (Å²) < 4.78 is 14.4. The van der Waals surface area contributed by atoms with Crippen molar-refractivity contribution < 1.29 is 4.39 Å². The second-order valence-corrected chi connectivity index (χ2v) is 6.16. The molecule has 0 spiro atoms. The van der Waals surface area contributed by atoms with E-state index < -0.39 is 0 Å². The van der Waals surface area contributed by atoms with Gasteiger partial charge < -0.3 is 5.32 Å². The molecule has 4 heteroatoms. The minimum atomic E-state index is -0.203. The monoisotopic (exact) mass is 305 g/mol. The normalized spacial score (nSPS) is 12.8. The Kier molecular flexibility index (Phi) is 3.74. The molecule has 1 aromatic heterocycles. The number of thiophene rings is 1. The maximum absolute atomic E-state index is 13.3. The molecule has 1 nitrogen and oxygen atoms in total. The summed E-state index contributed by atoms with van der Waals surface area (Å²) in [5.41, 5.74) is 1.10. The van der Waals surface area contributed by atoms with Gasteiger partial charge in [0.25, 0.3) is 0 Å². The average molecular weight is 306 g/mol. The maximum Gasteiger partial charge on any atom is 0.123 e. The number of halogens is 2. The number of nitrogens with one attached hydrogen (secondary N) is 1. The van der Waals surface area contributed by atoms with Gasteiger partial charge in [0, 0.05) is 14.6 Å². The van der Waals surface area contributed by atoms with Crippen LogP contribution in [0.1, 0.15) is 16.5 Å². The van der Waals surface area contributed by atoms with E-state index in [9.17, 15) is 4.39 Å². The van der Waals surface area contributed by atoms with Gasteiger partial charge in [-0.25, -0.2) is 4.39 Å². The first-order valence-electron chi connectivity index (χ1n) is 6.29. The van der Waals surface area contributed by atoms with Crippen molar-refractivity contribution >= 4 is 33.0 Å². The van der Waals surface area contributed by atoms with Crippen LogP contribution in [0.3, 0.4) is 0 Å². The van der Waals surface area contributed by atoms with Gasteiger partial charge in [-0.2, -0.15) is 0 Å². The van der Waals surface area contributed by atoms with Crippen molar-refractivity contribution in [3.8, 4) is 0 Å². The van der Waals surface area contributed by atoms with Crippen LogP contribution in [0.4, 0.5) is 4.39 Å². The lowest BCUT2D eigenvalue weighted by atomic mass is 10.1. The molecule has 3 rings (SSSR count). The molecule has 1 atom stereocenters. The summed E-state index contributed by atoms with van der Waals surface area (Å²) >= 11 is 7.73. The Hall–Kier alpha value is -1.42. The molecule has 20 heavy (non-hydrogen) atoms. The third-order valence-electron chi connectivity index (χ3n) is 3.25. The van der Waals surface area contributed by atoms with Gasteiger partial charge in [0.1, 0.15) is 5.82 Å². The molecule has 0 aliphatic heterocycles. The standard InChI is InChI=1S/C16H13ClFNS/c1-19-16(10-3-2-4-12(17)7-10)15-9-11-8-13(18)5-6-14(11)20-15/h2-9,16,19H,1H3. The molecule has 0 amide bonds. The molecule has 0 fully saturated rings. The molecule has 0 saturated carbocycles. The Bertz CT molecular complexity index is 753. The van der Waals surface area contributed by atoms with Gasteiger partial charge >= 0.3 is 0 Å². The Balaban J connectivity index is 2.07. The Morgan fingerprint density at radius 2 is 2.00 bits per heavy atom. The molecule has 0 saturated heterocycles. The Labute approximate surface area is 126 Å². The molecule has 3 aromatic rings. The number of benzene rings is 2. The van der Waals surface area contributed by atoms with Crippen LogP contribution in [0.2, 0.25) is 5.02 Å². The third kappa shape index (κ3) is 2.57. The molecule has 1 heterocycles. The summed E-state index contributed by atoms with van der Waals surface area (Å²) in [5, 5.41) is 4.95. The highest BCUT2D eigenvalue weighted by molar-refractivity contribution is 7.19. The molecular weight excluding hydrogens is 293 g/mol. The van der Waals surface area contributed by atoms with Crippen molar-refractivity contribution in [2.45, 2.75) is 6.04 Å². The van der Waals surface area contributed by atoms with Crippen LogP contribution in [0.15, 0.2) is 48.5 Å². The Morgan fingerprint density at radius 3 is 2.75 bits per heavy atom. The lowest BCUT2D eigenvalue weighted by Crippen LogP contribution is -2.16. The zero-order chi connectivity index (χ0) is 14.1. The van der Waals surface area contributed by atoms with Crippen molar-refractivity contribution in [2.24, 2.45) is 0 Å². The number of fused-ring (bicyclic) bond motifs is 1. The van der Waals surface area contributed by atoms with Crippen LogP contribution in [-0.4, -0.2) is 7.05 Å². The van der Waals surface area contributed by atoms with Gasteiger partial charge in [0.2, 0.25) is 0 Å². The molecule has 2 aromatic carbocycles. The van der Waals surface area contributed by atoms with E-state index >= 15 is 0 Å². The van der Waals surface area contributed by atoms with E-state index in [2.05, 4.69) is 5.32 Å². The lowest BCUT2D eigenvalue weighted by molar-refractivity contribution is 0.630. The highest BCUT2D eigenvalue weighted by Crippen LogP contribution is 2.34. The smallest absolute Gasteiger partial charge is 0.123 e. The summed E-state index contributed by atoms with van der Waals surface area (Å²) in [6.45, 7) is 0. The highest BCUT2D eigenvalue weighted by atomic mass is 35.5. The summed E-state index contributed by atoms with van der Waals surface area (Å²) in [6.07, 6.45) is 0. The topological polar surface area (TPSA) is 12.0 Å². The summed E-state index contributed by atoms with van der Waals surface area (Å²) in [6, 6.07) is 14.8. The molecule has 0 bridgehead atoms. The SMILES string of the molecule is CNC(c1cccc(Cl)c1)c1cc2cc(F)ccc2s1. The van der Waals surface area contributed by atoms with E-state index in [-0.39, 0.29) is 11.9 Å². The van der Waals surface area contributed by atoms with Crippen molar-refractivity contribution in [3.63, 3.8) is 0 Å². The van der Waals surface area contributed by atoms with Crippen molar-refractivity contribution in [2.75, 3.05) is 7.05 Å². The van der Waals surface area contributed by atoms with Crippen LogP contribution in [0, 0.1) is 5.82 Å². The molecular formula is C16H13ClFNS. The first kappa shape index (κ1) is 13.6. The molecule has 102 valence electrons. The van der Waals surface area contributed by atoms with Crippen LogP contribution < -0.4 is 5.32 Å². The molecule has 1 unspecified atom stereocenters. The number of hydrogen-bond donors (Lipinski definition) is 1. The molecule has 0 radical (unpaired) electrons. The van der Waals surface area contributed by atoms with Crippen LogP contribution in [0.5, 0.6) is 0 Å². The van der Waals surface area contributed by atoms with Crippen LogP contribution in [-0.2, 0) is 0 Å². The predicted molar refractivity (Wildman–Crippen MR) is 84.1 cm³/mol. The predicted octanol–water partition coefficient (Wildman–Crippen LogP) is 5.00. The minimum absolute atomic E-state index is 0.0640. The van der Waals surface area contributed by atoms with Gasteiger partial charge in [-0.1, -0.05) is 23.7 Å². The lowest BCUT2D eigenvalue weighted by Gasteiger charge is -2.15. The fourth-order valence-corrected chi connectivity index (χ4v) is 3.72. The van der Waals surface area contributed by atoms with Gasteiger partial charge in [0.05, 0.1) is 6.04 Å². The quantitative estimate of drug-likeness (QED) is 0.718. The fraction of sp³-hybridized carbons (Fsp3) is 0.125. The highest BCUT2D eigenvalue weighted by Gasteiger charge is 2.15. The van der Waals surface area contributed by atoms with Crippen molar-refractivity contribution in [3.05, 3.63) is 69.8 Å². The first-order chi connectivity index (χ1) is 9.67. The van der Waals surface area contributed by atoms with E-state index in [1.165, 1.54) is 6.07 Å². The van der Waals surface area contributed by atoms with Gasteiger partial charge in [-0.15, -0.1) is 11.3 Å². The average Bonchev–Trinajstić information content (AvgIpc) is 2.82. The number of hydrogen-bond acceptors (Lipinski definition) is 2. The summed E-state index contributed by atoms with van der Waals surface area (Å²) in [4.78, 5) is 1.15. The summed E-state index contributed by atoms with van der Waals surface area (Å²) in [7, 11) is 1.91. The first-order valence-corrected chi connectivity index (χ1v) is 7.48. The van der Waals surface area contributed by atoms with E-state index in [1.807, 2.05) is 43.4 Å². The van der Waals surface area contributed by atoms with E-state index in [1.54, 1.807) is 17.4 Å². The van der Waals surface area contributed by atoms with E-state index in [4.69, 9.17) is 11.6 Å². The maximum atomic E-state index is 13.3. The van der Waals surface area contributed by atoms with Gasteiger partial charge in [-0.05, 0) is 54.4 Å². The molecule has 0 aliphatic carbocycles. The second kappa shape index (κ2) is 5.52. The fourth-order valence-electron chi connectivity index (χ4n) is 2.34. The third-order valence-corrected chi connectivity index (χ3v) is 4.67. The van der Waals surface area contributed by atoms with Crippen molar-refractivity contribution in [1.29, 1.82) is 0 Å². The zero-order valence-corrected chi connectivity index (χ0v) is 12.4. The van der Waals surface area contributed by atoms with Crippen molar-refractivity contribution in [1.82, 2.24) is 5.32 Å². The van der Waals surface area contributed by atoms with Gasteiger partial charge in [0.15, 0.2) is 0 Å². The van der Waals surface area contributed by atoms with E-state index in [0.717, 1.165) is 25.5 Å². The van der Waals surface area contributed by atoms with Crippen LogP contribution >= 0.6 is 22.9 Å². The second-order valence-electron chi connectivity index (χ2n) is 4.61.